The van der Waals surface area contributed by atoms with Gasteiger partial charge in [-0.3, -0.25) is 0 Å². The number of nitrogens with two attached hydrogens (primary N) is 1. The van der Waals surface area contributed by atoms with Gasteiger partial charge in [-0.1, -0.05) is 24.3 Å². The molecule has 2 aromatic carbocycles. The van der Waals surface area contributed by atoms with Gasteiger partial charge in [0.2, 0.25) is 0 Å². The molecule has 17 heavy (non-hydrogen) atoms. The molecule has 0 amide bonds. The second kappa shape index (κ2) is 5.06. The van der Waals surface area contributed by atoms with Crippen LogP contribution in [0.4, 0.5) is 0 Å². The van der Waals surface area contributed by atoms with Crippen molar-refractivity contribution in [3.8, 4) is 11.5 Å². The molecule has 0 unspecified atom stereocenters. The largest absolute Gasteiger partial charge is 0.493 e. The number of benzene rings is 2. The Bertz CT molecular complexity index is 523. The lowest BCUT2D eigenvalue weighted by Gasteiger charge is -2.15. The molecule has 0 fully saturated rings. The molecule has 3 nitrogen and oxygen atoms in total. The summed E-state index contributed by atoms with van der Waals surface area (Å²) < 4.78 is 10.8. The first-order valence-electron chi connectivity index (χ1n) is 5.64. The van der Waals surface area contributed by atoms with Gasteiger partial charge < -0.3 is 15.2 Å². The molecule has 0 spiro atoms. The van der Waals surface area contributed by atoms with E-state index in [0.29, 0.717) is 6.54 Å². The van der Waals surface area contributed by atoms with Crippen molar-refractivity contribution in [1.29, 1.82) is 0 Å². The lowest BCUT2D eigenvalue weighted by atomic mass is 10.0. The van der Waals surface area contributed by atoms with E-state index < -0.39 is 0 Å². The molecule has 0 atom stereocenters. The Morgan fingerprint density at radius 3 is 2.53 bits per heavy atom. The predicted molar refractivity (Wildman–Crippen MR) is 69.8 cm³/mol. The summed E-state index contributed by atoms with van der Waals surface area (Å²) >= 11 is 0. The summed E-state index contributed by atoms with van der Waals surface area (Å²) in [4.78, 5) is 0. The normalized spacial score (nSPS) is 10.5. The number of fused-ring (bicyclic) bond motifs is 1. The van der Waals surface area contributed by atoms with Crippen molar-refractivity contribution in [2.75, 3.05) is 20.8 Å². The molecule has 0 aliphatic rings. The highest BCUT2D eigenvalue weighted by Gasteiger charge is 2.13. The third-order valence-corrected chi connectivity index (χ3v) is 2.89. The zero-order valence-corrected chi connectivity index (χ0v) is 10.2. The predicted octanol–water partition coefficient (Wildman–Crippen LogP) is 2.36. The fourth-order valence-corrected chi connectivity index (χ4v) is 2.14. The monoisotopic (exact) mass is 231 g/mol. The third-order valence-electron chi connectivity index (χ3n) is 2.89. The lowest BCUT2D eigenvalue weighted by molar-refractivity contribution is 0.353. The van der Waals surface area contributed by atoms with Crippen LogP contribution in [0.2, 0.25) is 0 Å². The van der Waals surface area contributed by atoms with Crippen LogP contribution in [-0.4, -0.2) is 20.8 Å². The van der Waals surface area contributed by atoms with Gasteiger partial charge in [-0.15, -0.1) is 0 Å². The van der Waals surface area contributed by atoms with Crippen LogP contribution in [0.5, 0.6) is 11.5 Å². The van der Waals surface area contributed by atoms with E-state index in [1.54, 1.807) is 14.2 Å². The smallest absolute Gasteiger partial charge is 0.164 e. The first-order chi connectivity index (χ1) is 8.31. The molecule has 0 bridgehead atoms. The van der Waals surface area contributed by atoms with E-state index in [0.717, 1.165) is 28.9 Å². The Morgan fingerprint density at radius 1 is 1.12 bits per heavy atom. The van der Waals surface area contributed by atoms with Crippen LogP contribution in [0, 0.1) is 0 Å². The van der Waals surface area contributed by atoms with Gasteiger partial charge in [0.15, 0.2) is 11.5 Å². The Hall–Kier alpha value is -1.74. The van der Waals surface area contributed by atoms with Gasteiger partial charge in [-0.2, -0.15) is 0 Å². The van der Waals surface area contributed by atoms with Crippen molar-refractivity contribution < 1.29 is 9.47 Å². The Labute approximate surface area is 101 Å². The summed E-state index contributed by atoms with van der Waals surface area (Å²) in [5.41, 5.74) is 6.79. The number of ether oxygens (including phenoxy) is 2. The minimum absolute atomic E-state index is 0.591. The fourth-order valence-electron chi connectivity index (χ4n) is 2.14. The summed E-state index contributed by atoms with van der Waals surface area (Å²) in [5, 5.41) is 2.32. The summed E-state index contributed by atoms with van der Waals surface area (Å²) in [6.45, 7) is 0.591. The van der Waals surface area contributed by atoms with Gasteiger partial charge in [0, 0.05) is 5.56 Å². The summed E-state index contributed by atoms with van der Waals surface area (Å²) in [7, 11) is 3.31. The lowest BCUT2D eigenvalue weighted by Crippen LogP contribution is -2.06. The second-order valence-electron chi connectivity index (χ2n) is 3.85. The van der Waals surface area contributed by atoms with E-state index in [-0.39, 0.29) is 0 Å². The maximum Gasteiger partial charge on any atom is 0.164 e. The first kappa shape index (κ1) is 11.7. The fraction of sp³-hybridized carbons (Fsp3) is 0.286. The minimum Gasteiger partial charge on any atom is -0.493 e. The number of rotatable bonds is 4. The van der Waals surface area contributed by atoms with E-state index in [1.807, 2.05) is 18.2 Å². The van der Waals surface area contributed by atoms with Crippen LogP contribution in [0.25, 0.3) is 10.8 Å². The van der Waals surface area contributed by atoms with Gasteiger partial charge in [-0.25, -0.2) is 0 Å². The zero-order valence-electron chi connectivity index (χ0n) is 10.2. The number of hydrogen-bond acceptors (Lipinski definition) is 3. The molecule has 3 heteroatoms. The third kappa shape index (κ3) is 2.06. The molecule has 0 aliphatic heterocycles. The molecule has 0 saturated carbocycles. The minimum atomic E-state index is 0.591. The van der Waals surface area contributed by atoms with Crippen LogP contribution >= 0.6 is 0 Å². The Kier molecular flexibility index (Phi) is 3.49. The molecule has 2 N–H and O–H groups in total. The van der Waals surface area contributed by atoms with Gasteiger partial charge in [0.25, 0.3) is 0 Å². The van der Waals surface area contributed by atoms with Crippen molar-refractivity contribution in [1.82, 2.24) is 0 Å². The standard InChI is InChI=1S/C14H17NO2/c1-16-13-9-10-5-3-4-6-11(10)12(7-8-15)14(13)17-2/h3-6,9H,7-8,15H2,1-2H3. The van der Waals surface area contributed by atoms with E-state index in [2.05, 4.69) is 12.1 Å². The highest BCUT2D eigenvalue weighted by Crippen LogP contribution is 2.37. The van der Waals surface area contributed by atoms with Crippen LogP contribution < -0.4 is 15.2 Å². The maximum absolute atomic E-state index is 5.67. The summed E-state index contributed by atoms with van der Waals surface area (Å²) in [6, 6.07) is 10.2. The molecule has 2 rings (SSSR count). The number of methoxy groups -OCH3 is 2. The quantitative estimate of drug-likeness (QED) is 0.878. The average Bonchev–Trinajstić information content (AvgIpc) is 2.38. The van der Waals surface area contributed by atoms with Crippen LogP contribution in [0.3, 0.4) is 0 Å². The molecular weight excluding hydrogens is 214 g/mol. The van der Waals surface area contributed by atoms with Crippen molar-refractivity contribution >= 4 is 10.8 Å². The number of hydrogen-bond donors (Lipinski definition) is 1. The van der Waals surface area contributed by atoms with Gasteiger partial charge >= 0.3 is 0 Å². The van der Waals surface area contributed by atoms with Gasteiger partial charge in [-0.05, 0) is 29.8 Å². The second-order valence-corrected chi connectivity index (χ2v) is 3.85. The molecule has 0 radical (unpaired) electrons. The maximum atomic E-state index is 5.67. The van der Waals surface area contributed by atoms with Crippen molar-refractivity contribution in [2.24, 2.45) is 5.73 Å². The van der Waals surface area contributed by atoms with Crippen LogP contribution in [0.1, 0.15) is 5.56 Å². The van der Waals surface area contributed by atoms with Crippen LogP contribution in [0.15, 0.2) is 30.3 Å². The summed E-state index contributed by atoms with van der Waals surface area (Å²) in [5.74, 6) is 1.55. The SMILES string of the molecule is COc1cc2ccccc2c(CCN)c1OC. The highest BCUT2D eigenvalue weighted by atomic mass is 16.5. The van der Waals surface area contributed by atoms with Crippen molar-refractivity contribution in [3.05, 3.63) is 35.9 Å². The Morgan fingerprint density at radius 2 is 1.88 bits per heavy atom. The average molecular weight is 231 g/mol. The molecule has 90 valence electrons. The van der Waals surface area contributed by atoms with E-state index in [4.69, 9.17) is 15.2 Å². The first-order valence-corrected chi connectivity index (χ1v) is 5.64. The molecule has 0 aliphatic carbocycles. The van der Waals surface area contributed by atoms with Gasteiger partial charge in [0.1, 0.15) is 0 Å². The highest BCUT2D eigenvalue weighted by molar-refractivity contribution is 5.90. The summed E-state index contributed by atoms with van der Waals surface area (Å²) in [6.07, 6.45) is 0.779. The van der Waals surface area contributed by atoms with E-state index in [9.17, 15) is 0 Å². The van der Waals surface area contributed by atoms with E-state index in [1.165, 1.54) is 5.39 Å². The molecule has 0 aromatic heterocycles. The molecule has 0 heterocycles. The molecule has 2 aromatic rings. The van der Waals surface area contributed by atoms with Crippen molar-refractivity contribution in [2.45, 2.75) is 6.42 Å². The molecular formula is C14H17NO2. The Balaban J connectivity index is 2.75. The topological polar surface area (TPSA) is 44.5 Å². The zero-order chi connectivity index (χ0) is 12.3. The van der Waals surface area contributed by atoms with E-state index >= 15 is 0 Å². The van der Waals surface area contributed by atoms with Crippen molar-refractivity contribution in [3.63, 3.8) is 0 Å². The van der Waals surface area contributed by atoms with Crippen LogP contribution in [-0.2, 0) is 6.42 Å². The molecule has 0 saturated heterocycles. The van der Waals surface area contributed by atoms with Gasteiger partial charge in [0.05, 0.1) is 14.2 Å².